The number of ether oxygens (including phenoxy) is 1. The highest BCUT2D eigenvalue weighted by Gasteiger charge is 2.37. The number of carbonyl (C=O) groups is 4. The zero-order valence-electron chi connectivity index (χ0n) is 15.2. The zero-order chi connectivity index (χ0) is 19.8. The van der Waals surface area contributed by atoms with Crippen molar-refractivity contribution in [3.8, 4) is 0 Å². The number of anilines is 1. The molecular formula is C19H23N3O5. The Balaban J connectivity index is 1.87. The Bertz CT molecular complexity index is 747. The summed E-state index contributed by atoms with van der Waals surface area (Å²) in [7, 11) is 0. The van der Waals surface area contributed by atoms with Crippen molar-refractivity contribution in [2.75, 3.05) is 24.6 Å². The van der Waals surface area contributed by atoms with Gasteiger partial charge in [0.2, 0.25) is 5.91 Å². The molecule has 1 aromatic rings. The molecule has 8 nitrogen and oxygen atoms in total. The number of imide groups is 1. The van der Waals surface area contributed by atoms with Crippen LogP contribution in [-0.4, -0.2) is 43.5 Å². The van der Waals surface area contributed by atoms with Crippen LogP contribution in [-0.2, 0) is 25.5 Å². The summed E-state index contributed by atoms with van der Waals surface area (Å²) in [5, 5.41) is 4.39. The van der Waals surface area contributed by atoms with Gasteiger partial charge in [0.1, 0.15) is 0 Å². The number of hydrogen-bond acceptors (Lipinski definition) is 5. The fourth-order valence-electron chi connectivity index (χ4n) is 2.80. The van der Waals surface area contributed by atoms with Gasteiger partial charge in [0.15, 0.2) is 6.61 Å². The van der Waals surface area contributed by atoms with E-state index in [-0.39, 0.29) is 25.4 Å². The maximum Gasteiger partial charge on any atom is 0.321 e. The molecule has 0 bridgehead atoms. The molecule has 0 aromatic heterocycles. The Morgan fingerprint density at radius 3 is 2.78 bits per heavy atom. The first-order valence-corrected chi connectivity index (χ1v) is 8.69. The van der Waals surface area contributed by atoms with Crippen molar-refractivity contribution in [1.29, 1.82) is 0 Å². The molecule has 1 fully saturated rings. The van der Waals surface area contributed by atoms with Gasteiger partial charge in [-0.3, -0.25) is 19.7 Å². The van der Waals surface area contributed by atoms with Crippen molar-refractivity contribution >= 4 is 29.5 Å². The van der Waals surface area contributed by atoms with Crippen molar-refractivity contribution in [2.24, 2.45) is 5.92 Å². The Morgan fingerprint density at radius 2 is 2.07 bits per heavy atom. The summed E-state index contributed by atoms with van der Waals surface area (Å²) in [6.45, 7) is 5.25. The summed E-state index contributed by atoms with van der Waals surface area (Å²) < 4.78 is 4.95. The largest absolute Gasteiger partial charge is 0.455 e. The molecule has 0 spiro atoms. The monoisotopic (exact) mass is 373 g/mol. The smallest absolute Gasteiger partial charge is 0.321 e. The Morgan fingerprint density at radius 1 is 1.33 bits per heavy atom. The molecular weight excluding hydrogens is 350 g/mol. The number of nitrogens with zero attached hydrogens (tertiary/aromatic N) is 1. The predicted octanol–water partition coefficient (Wildman–Crippen LogP) is 1.16. The van der Waals surface area contributed by atoms with Gasteiger partial charge in [0.05, 0.1) is 5.92 Å². The van der Waals surface area contributed by atoms with Crippen LogP contribution in [0.4, 0.5) is 10.5 Å². The maximum atomic E-state index is 12.3. The summed E-state index contributed by atoms with van der Waals surface area (Å²) in [5.74, 6) is -2.19. The Labute approximate surface area is 157 Å². The van der Waals surface area contributed by atoms with Crippen LogP contribution >= 0.6 is 0 Å². The lowest BCUT2D eigenvalue weighted by molar-refractivity contribution is -0.152. The van der Waals surface area contributed by atoms with Gasteiger partial charge >= 0.3 is 12.0 Å². The first kappa shape index (κ1) is 20.2. The topological polar surface area (TPSA) is 105 Å². The molecule has 27 heavy (non-hydrogen) atoms. The van der Waals surface area contributed by atoms with Gasteiger partial charge in [-0.05, 0) is 18.1 Å². The third-order valence-electron chi connectivity index (χ3n) is 4.13. The molecule has 1 atom stereocenters. The molecule has 2 N–H and O–H groups in total. The summed E-state index contributed by atoms with van der Waals surface area (Å²) >= 11 is 0. The minimum absolute atomic E-state index is 0.0261. The van der Waals surface area contributed by atoms with E-state index in [4.69, 9.17) is 4.74 Å². The van der Waals surface area contributed by atoms with E-state index in [1.54, 1.807) is 4.90 Å². The number of urea groups is 1. The lowest BCUT2D eigenvalue weighted by Gasteiger charge is -2.19. The van der Waals surface area contributed by atoms with Crippen LogP contribution in [0.15, 0.2) is 36.9 Å². The van der Waals surface area contributed by atoms with Crippen LogP contribution < -0.4 is 15.5 Å². The number of amides is 4. The standard InChI is InChI=1S/C19H23N3O5/c1-3-9-20-19(26)21-16(23)12-27-18(25)14-10-17(24)22(11-14)15-8-6-5-7-13(15)4-2/h3,5-8,14H,1,4,9-12H2,2H3,(H2,20,21,23,26)/t14-/m0/s1. The maximum absolute atomic E-state index is 12.3. The molecule has 1 aliphatic rings. The second-order valence-electron chi connectivity index (χ2n) is 6.04. The van der Waals surface area contributed by atoms with Crippen LogP contribution in [0.5, 0.6) is 0 Å². The first-order chi connectivity index (χ1) is 13.0. The van der Waals surface area contributed by atoms with E-state index in [1.165, 1.54) is 6.08 Å². The SMILES string of the molecule is C=CCNC(=O)NC(=O)COC(=O)[C@H]1CC(=O)N(c2ccccc2CC)C1. The minimum Gasteiger partial charge on any atom is -0.455 e. The number of aryl methyl sites for hydroxylation is 1. The van der Waals surface area contributed by atoms with E-state index in [0.717, 1.165) is 17.7 Å². The zero-order valence-corrected chi connectivity index (χ0v) is 15.2. The highest BCUT2D eigenvalue weighted by Crippen LogP contribution is 2.28. The lowest BCUT2D eigenvalue weighted by Crippen LogP contribution is -2.41. The highest BCUT2D eigenvalue weighted by atomic mass is 16.5. The number of para-hydroxylation sites is 1. The van der Waals surface area contributed by atoms with Crippen molar-refractivity contribution in [3.63, 3.8) is 0 Å². The quantitative estimate of drug-likeness (QED) is 0.551. The molecule has 1 aromatic carbocycles. The van der Waals surface area contributed by atoms with Crippen molar-refractivity contribution in [3.05, 3.63) is 42.5 Å². The van der Waals surface area contributed by atoms with Crippen LogP contribution in [0, 0.1) is 5.92 Å². The summed E-state index contributed by atoms with van der Waals surface area (Å²) in [4.78, 5) is 49.0. The molecule has 0 unspecified atom stereocenters. The van der Waals surface area contributed by atoms with Gasteiger partial charge in [0.25, 0.3) is 5.91 Å². The molecule has 4 amide bonds. The lowest BCUT2D eigenvalue weighted by atomic mass is 10.1. The van der Waals surface area contributed by atoms with Crippen LogP contribution in [0.1, 0.15) is 18.9 Å². The van der Waals surface area contributed by atoms with E-state index in [0.29, 0.717) is 0 Å². The molecule has 0 saturated carbocycles. The average molecular weight is 373 g/mol. The Hall–Kier alpha value is -3.16. The molecule has 0 radical (unpaired) electrons. The van der Waals surface area contributed by atoms with Gasteiger partial charge in [-0.25, -0.2) is 4.79 Å². The normalized spacial score (nSPS) is 16.0. The third kappa shape index (κ3) is 5.40. The van der Waals surface area contributed by atoms with Crippen LogP contribution in [0.2, 0.25) is 0 Å². The van der Waals surface area contributed by atoms with E-state index < -0.39 is 30.4 Å². The van der Waals surface area contributed by atoms with E-state index >= 15 is 0 Å². The van der Waals surface area contributed by atoms with E-state index in [2.05, 4.69) is 11.9 Å². The molecule has 1 saturated heterocycles. The number of hydrogen-bond donors (Lipinski definition) is 2. The molecule has 144 valence electrons. The number of nitrogens with one attached hydrogen (secondary N) is 2. The second-order valence-corrected chi connectivity index (χ2v) is 6.04. The predicted molar refractivity (Wildman–Crippen MR) is 99.0 cm³/mol. The van der Waals surface area contributed by atoms with Gasteiger partial charge in [-0.15, -0.1) is 6.58 Å². The van der Waals surface area contributed by atoms with Gasteiger partial charge < -0.3 is 15.0 Å². The average Bonchev–Trinajstić information content (AvgIpc) is 3.06. The van der Waals surface area contributed by atoms with Crippen molar-refractivity contribution in [1.82, 2.24) is 10.6 Å². The number of benzene rings is 1. The molecule has 2 rings (SSSR count). The second kappa shape index (κ2) is 9.51. The van der Waals surface area contributed by atoms with Crippen molar-refractivity contribution < 1.29 is 23.9 Å². The fraction of sp³-hybridized carbons (Fsp3) is 0.368. The van der Waals surface area contributed by atoms with Crippen molar-refractivity contribution in [2.45, 2.75) is 19.8 Å². The molecule has 1 aliphatic heterocycles. The summed E-state index contributed by atoms with van der Waals surface area (Å²) in [6.07, 6.45) is 2.26. The summed E-state index contributed by atoms with van der Waals surface area (Å²) in [5.41, 5.74) is 1.81. The number of carbonyl (C=O) groups excluding carboxylic acids is 4. The molecule has 0 aliphatic carbocycles. The summed E-state index contributed by atoms with van der Waals surface area (Å²) in [6, 6.07) is 6.83. The minimum atomic E-state index is -0.748. The molecule has 1 heterocycles. The highest BCUT2D eigenvalue weighted by molar-refractivity contribution is 6.00. The van der Waals surface area contributed by atoms with Gasteiger partial charge in [-0.1, -0.05) is 31.2 Å². The van der Waals surface area contributed by atoms with Crippen LogP contribution in [0.25, 0.3) is 0 Å². The van der Waals surface area contributed by atoms with Gasteiger partial charge in [0, 0.05) is 25.2 Å². The van der Waals surface area contributed by atoms with Crippen LogP contribution in [0.3, 0.4) is 0 Å². The Kier molecular flexibility index (Phi) is 7.10. The van der Waals surface area contributed by atoms with Gasteiger partial charge in [-0.2, -0.15) is 0 Å². The van der Waals surface area contributed by atoms with E-state index in [1.807, 2.05) is 36.5 Å². The molecule has 8 heteroatoms. The number of rotatable bonds is 7. The fourth-order valence-corrected chi connectivity index (χ4v) is 2.80. The third-order valence-corrected chi connectivity index (χ3v) is 4.13. The van der Waals surface area contributed by atoms with E-state index in [9.17, 15) is 19.2 Å². The first-order valence-electron chi connectivity index (χ1n) is 8.69. The number of esters is 1.